The number of rotatable bonds is 6. The van der Waals surface area contributed by atoms with Crippen LogP contribution in [0.15, 0.2) is 200 Å². The van der Waals surface area contributed by atoms with Crippen molar-refractivity contribution in [3.05, 3.63) is 211 Å². The minimum Gasteiger partial charge on any atom is -0.310 e. The first-order valence-electron chi connectivity index (χ1n) is 22.9. The molecule has 5 aliphatic carbocycles. The molecule has 0 N–H and O–H groups in total. The van der Waals surface area contributed by atoms with Crippen molar-refractivity contribution in [3.8, 4) is 44.5 Å². The van der Waals surface area contributed by atoms with Gasteiger partial charge in [-0.25, -0.2) is 0 Å². The Morgan fingerprint density at radius 1 is 0.413 bits per heavy atom. The van der Waals surface area contributed by atoms with Crippen molar-refractivity contribution in [1.82, 2.24) is 0 Å². The molecule has 0 aliphatic heterocycles. The van der Waals surface area contributed by atoms with E-state index in [4.69, 9.17) is 0 Å². The first kappa shape index (κ1) is 34.8. The highest BCUT2D eigenvalue weighted by Crippen LogP contribution is 2.94. The molecular formula is C61H43NS. The highest BCUT2D eigenvalue weighted by molar-refractivity contribution is 7.25. The summed E-state index contributed by atoms with van der Waals surface area (Å²) in [6.07, 6.45) is 4.27. The van der Waals surface area contributed by atoms with Gasteiger partial charge in [0.1, 0.15) is 0 Å². The fourth-order valence-corrected chi connectivity index (χ4v) is 15.8. The molecule has 4 unspecified atom stereocenters. The molecule has 1 nitrogen and oxygen atoms in total. The zero-order valence-electron chi connectivity index (χ0n) is 34.8. The lowest BCUT2D eigenvalue weighted by Crippen LogP contribution is -2.88. The molecule has 4 fully saturated rings. The van der Waals surface area contributed by atoms with E-state index in [1.165, 1.54) is 112 Å². The number of nitrogens with zero attached hydrogens (tertiary/aromatic N) is 1. The second kappa shape index (κ2) is 12.5. The van der Waals surface area contributed by atoms with Crippen LogP contribution in [-0.4, -0.2) is 0 Å². The van der Waals surface area contributed by atoms with Crippen molar-refractivity contribution in [2.75, 3.05) is 4.90 Å². The van der Waals surface area contributed by atoms with Crippen molar-refractivity contribution in [3.63, 3.8) is 0 Å². The number of para-hydroxylation sites is 1. The van der Waals surface area contributed by atoms with Crippen molar-refractivity contribution in [2.24, 2.45) is 29.1 Å². The van der Waals surface area contributed by atoms with Crippen molar-refractivity contribution >= 4 is 59.3 Å². The van der Waals surface area contributed by atoms with Crippen LogP contribution < -0.4 is 4.90 Å². The number of fused-ring (bicyclic) bond motifs is 11. The van der Waals surface area contributed by atoms with Gasteiger partial charge < -0.3 is 4.90 Å². The third kappa shape index (κ3) is 4.29. The van der Waals surface area contributed by atoms with Crippen LogP contribution >= 0.6 is 11.3 Å². The van der Waals surface area contributed by atoms with Gasteiger partial charge in [-0.3, -0.25) is 0 Å². The molecule has 2 heteroatoms. The van der Waals surface area contributed by atoms with Crippen LogP contribution in [0.4, 0.5) is 17.1 Å². The number of hydrogen-bond donors (Lipinski definition) is 0. The molecule has 63 heavy (non-hydrogen) atoms. The molecular weight excluding hydrogens is 779 g/mol. The van der Waals surface area contributed by atoms with Gasteiger partial charge in [-0.05, 0) is 152 Å². The molecule has 1 heterocycles. The molecule has 0 amide bonds. The summed E-state index contributed by atoms with van der Waals surface area (Å²) >= 11 is 1.89. The Kier molecular flexibility index (Phi) is 6.88. The van der Waals surface area contributed by atoms with E-state index in [0.717, 1.165) is 23.7 Å². The maximum atomic E-state index is 2.65. The van der Waals surface area contributed by atoms with Crippen LogP contribution in [-0.2, 0) is 5.41 Å². The summed E-state index contributed by atoms with van der Waals surface area (Å²) in [4.78, 5) is 2.59. The van der Waals surface area contributed by atoms with Crippen LogP contribution in [0.3, 0.4) is 0 Å². The van der Waals surface area contributed by atoms with Gasteiger partial charge in [0.05, 0.1) is 5.69 Å². The summed E-state index contributed by atoms with van der Waals surface area (Å²) in [5.74, 6) is 3.46. The smallest absolute Gasteiger partial charge is 0.0540 e. The Morgan fingerprint density at radius 2 is 1.03 bits per heavy atom. The minimum absolute atomic E-state index is 0.123. The first-order valence-corrected chi connectivity index (χ1v) is 23.8. The summed E-state index contributed by atoms with van der Waals surface area (Å²) in [7, 11) is 0. The molecule has 15 rings (SSSR count). The molecule has 4 saturated carbocycles. The van der Waals surface area contributed by atoms with Crippen molar-refractivity contribution < 1.29 is 0 Å². The average molecular weight is 822 g/mol. The Bertz CT molecular complexity index is 3530. The van der Waals surface area contributed by atoms with Crippen LogP contribution in [0, 0.1) is 29.1 Å². The van der Waals surface area contributed by atoms with Gasteiger partial charge >= 0.3 is 0 Å². The summed E-state index contributed by atoms with van der Waals surface area (Å²) < 4.78 is 2.66. The van der Waals surface area contributed by atoms with Gasteiger partial charge in [0, 0.05) is 42.5 Å². The molecule has 0 bridgehead atoms. The Balaban J connectivity index is 0.973. The third-order valence-corrected chi connectivity index (χ3v) is 18.1. The number of hydrogen-bond acceptors (Lipinski definition) is 2. The van der Waals surface area contributed by atoms with Crippen LogP contribution in [0.25, 0.3) is 75.5 Å². The molecule has 1 aromatic heterocycles. The topological polar surface area (TPSA) is 3.24 Å². The van der Waals surface area contributed by atoms with Gasteiger partial charge in [-0.1, -0.05) is 158 Å². The van der Waals surface area contributed by atoms with Gasteiger partial charge in [0.25, 0.3) is 0 Å². The molecule has 9 aromatic carbocycles. The molecule has 298 valence electrons. The van der Waals surface area contributed by atoms with E-state index >= 15 is 0 Å². The van der Waals surface area contributed by atoms with Crippen molar-refractivity contribution in [1.29, 1.82) is 0 Å². The van der Waals surface area contributed by atoms with Crippen LogP contribution in [0.5, 0.6) is 0 Å². The molecule has 0 saturated heterocycles. The fraction of sp³-hybridized carbons (Fsp3) is 0.148. The SMILES string of the molecule is c1ccc(-c2cccc3cccc(-c4ccccc4N(c4cccc(-c5cccc6sc7ccccc7c56)c4)c4ccc5c(c4)C4(c6ccccc6-5)C5CC6CC7CC4C675)c23)cc1. The monoisotopic (exact) mass is 821 g/mol. The normalized spacial score (nSPS) is 24.1. The minimum atomic E-state index is 0.123. The summed E-state index contributed by atoms with van der Waals surface area (Å²) in [6.45, 7) is 0. The second-order valence-electron chi connectivity index (χ2n) is 19.1. The molecule has 10 aromatic rings. The highest BCUT2D eigenvalue weighted by Gasteiger charge is 2.90. The standard InChI is InChI=1S/C61H43NS/c1-2-14-37(15-3-1)44-23-11-16-38-17-12-25-49(58(38)44)48-21-5-8-27-53(48)62(42-19-10-18-39(32-42)45-24-13-29-55-59(45)50-22-6-9-28-54(50)63-55)43-30-31-47-46-20-4-7-26-51(46)61(52(47)36-43)56-34-40-33-41-35-57(61)60(40,41)56/h1-32,36,40-41,56-57H,33-35H2. The van der Waals surface area contributed by atoms with E-state index in [2.05, 4.69) is 205 Å². The quantitative estimate of drug-likeness (QED) is 0.161. The van der Waals surface area contributed by atoms with E-state index in [1.807, 2.05) is 11.3 Å². The lowest BCUT2D eigenvalue weighted by atomic mass is 9.11. The largest absolute Gasteiger partial charge is 0.310 e. The van der Waals surface area contributed by atoms with E-state index in [-0.39, 0.29) is 5.41 Å². The number of benzene rings is 9. The number of anilines is 3. The van der Waals surface area contributed by atoms with Crippen LogP contribution in [0.2, 0.25) is 0 Å². The van der Waals surface area contributed by atoms with E-state index in [0.29, 0.717) is 5.41 Å². The van der Waals surface area contributed by atoms with Crippen molar-refractivity contribution in [2.45, 2.75) is 24.7 Å². The van der Waals surface area contributed by atoms with Crippen LogP contribution in [0.1, 0.15) is 30.4 Å². The average Bonchev–Trinajstić information content (AvgIpc) is 3.85. The summed E-state index contributed by atoms with van der Waals surface area (Å²) in [5.41, 5.74) is 17.9. The Labute approximate surface area is 371 Å². The molecule has 4 atom stereocenters. The van der Waals surface area contributed by atoms with E-state index in [1.54, 1.807) is 11.1 Å². The Hall–Kier alpha value is -6.74. The summed E-state index contributed by atoms with van der Waals surface area (Å²) in [6, 6.07) is 75.8. The predicted octanol–water partition coefficient (Wildman–Crippen LogP) is 16.6. The Morgan fingerprint density at radius 3 is 1.87 bits per heavy atom. The summed E-state index contributed by atoms with van der Waals surface area (Å²) in [5, 5.41) is 5.20. The number of thiophene rings is 1. The first-order chi connectivity index (χ1) is 31.2. The molecule has 5 aliphatic rings. The zero-order chi connectivity index (χ0) is 41.0. The van der Waals surface area contributed by atoms with Gasteiger partial charge in [0.15, 0.2) is 0 Å². The van der Waals surface area contributed by atoms with Gasteiger partial charge in [0.2, 0.25) is 0 Å². The lowest BCUT2D eigenvalue weighted by molar-refractivity contribution is -0.412. The second-order valence-corrected chi connectivity index (χ2v) is 20.2. The third-order valence-electron chi connectivity index (χ3n) is 16.9. The molecule has 0 radical (unpaired) electrons. The van der Waals surface area contributed by atoms with E-state index < -0.39 is 0 Å². The molecule has 2 spiro atoms. The van der Waals surface area contributed by atoms with Gasteiger partial charge in [-0.15, -0.1) is 11.3 Å². The maximum Gasteiger partial charge on any atom is 0.0540 e. The zero-order valence-corrected chi connectivity index (χ0v) is 35.7. The van der Waals surface area contributed by atoms with Gasteiger partial charge in [-0.2, -0.15) is 0 Å². The van der Waals surface area contributed by atoms with E-state index in [9.17, 15) is 0 Å². The predicted molar refractivity (Wildman–Crippen MR) is 264 cm³/mol. The fourth-order valence-electron chi connectivity index (χ4n) is 14.7. The highest BCUT2D eigenvalue weighted by atomic mass is 32.1. The maximum absolute atomic E-state index is 2.65. The lowest BCUT2D eigenvalue weighted by Gasteiger charge is -2.92.